The van der Waals surface area contributed by atoms with Gasteiger partial charge in [-0.05, 0) is 18.1 Å². The van der Waals surface area contributed by atoms with Crippen molar-refractivity contribution in [1.82, 2.24) is 14.9 Å². The van der Waals surface area contributed by atoms with Crippen molar-refractivity contribution in [1.29, 1.82) is 0 Å². The van der Waals surface area contributed by atoms with E-state index in [4.69, 9.17) is 9.47 Å². The van der Waals surface area contributed by atoms with Crippen LogP contribution in [0.1, 0.15) is 12.0 Å². The molecule has 0 spiro atoms. The zero-order chi connectivity index (χ0) is 19.4. The van der Waals surface area contributed by atoms with Gasteiger partial charge in [0.1, 0.15) is 0 Å². The van der Waals surface area contributed by atoms with Crippen molar-refractivity contribution in [3.63, 3.8) is 0 Å². The average molecular weight is 514 g/mol. The summed E-state index contributed by atoms with van der Waals surface area (Å²) >= 11 is 0. The number of nitrogens with zero attached hydrogens (tertiary/aromatic N) is 2. The van der Waals surface area contributed by atoms with Crippen LogP contribution in [0.5, 0.6) is 0 Å². The van der Waals surface area contributed by atoms with Crippen LogP contribution in [-0.2, 0) is 26.0 Å². The van der Waals surface area contributed by atoms with Gasteiger partial charge in [0.2, 0.25) is 10.0 Å². The summed E-state index contributed by atoms with van der Waals surface area (Å²) in [6.07, 6.45) is 0.829. The van der Waals surface area contributed by atoms with Crippen molar-refractivity contribution in [3.8, 4) is 0 Å². The van der Waals surface area contributed by atoms with Crippen LogP contribution in [0, 0.1) is 0 Å². The van der Waals surface area contributed by atoms with Crippen LogP contribution >= 0.6 is 24.0 Å². The summed E-state index contributed by atoms with van der Waals surface area (Å²) in [4.78, 5) is 4.44. The van der Waals surface area contributed by atoms with E-state index in [1.807, 2.05) is 6.07 Å². The topological polar surface area (TPSA) is 92.3 Å². The molecule has 0 saturated carbocycles. The average Bonchev–Trinajstić information content (AvgIpc) is 2.63. The van der Waals surface area contributed by atoms with Crippen LogP contribution in [0.3, 0.4) is 0 Å². The van der Waals surface area contributed by atoms with E-state index in [0.29, 0.717) is 49.3 Å². The highest BCUT2D eigenvalue weighted by Crippen LogP contribution is 2.18. The Hall–Kier alpha value is -0.950. The molecule has 0 bridgehead atoms. The van der Waals surface area contributed by atoms with Gasteiger partial charge >= 0.3 is 0 Å². The number of aliphatic imine (C=N–C) groups is 1. The summed E-state index contributed by atoms with van der Waals surface area (Å²) in [5.74, 6) is 0.610. The predicted molar refractivity (Wildman–Crippen MR) is 118 cm³/mol. The van der Waals surface area contributed by atoms with Gasteiger partial charge < -0.3 is 20.1 Å². The van der Waals surface area contributed by atoms with Crippen LogP contribution in [0.2, 0.25) is 0 Å². The first-order valence-corrected chi connectivity index (χ1v) is 9.89. The fourth-order valence-electron chi connectivity index (χ4n) is 2.12. The first-order chi connectivity index (χ1) is 12.4. The van der Waals surface area contributed by atoms with Crippen molar-refractivity contribution in [3.05, 3.63) is 29.8 Å². The highest BCUT2D eigenvalue weighted by atomic mass is 127. The van der Waals surface area contributed by atoms with Crippen LogP contribution in [0.4, 0.5) is 0 Å². The molecule has 1 rings (SSSR count). The van der Waals surface area contributed by atoms with Crippen molar-refractivity contribution < 1.29 is 17.9 Å². The number of hydrogen-bond acceptors (Lipinski definition) is 5. The summed E-state index contributed by atoms with van der Waals surface area (Å²) in [7, 11) is 2.87. The van der Waals surface area contributed by atoms with Gasteiger partial charge in [0.15, 0.2) is 5.96 Å². The molecule has 0 heterocycles. The van der Waals surface area contributed by atoms with Crippen LogP contribution in [0.15, 0.2) is 34.2 Å². The lowest BCUT2D eigenvalue weighted by molar-refractivity contribution is 0.0698. The first kappa shape index (κ1) is 26.1. The summed E-state index contributed by atoms with van der Waals surface area (Å²) < 4.78 is 36.4. The molecule has 0 aliphatic heterocycles. The number of halogens is 1. The minimum absolute atomic E-state index is 0. The molecule has 0 amide bonds. The van der Waals surface area contributed by atoms with E-state index in [0.717, 1.165) is 6.42 Å². The number of methoxy groups -OCH3 is 1. The third kappa shape index (κ3) is 9.19. The number of benzene rings is 1. The molecule has 156 valence electrons. The SMILES string of the molecule is CN=C(NCCCOCCOC)NCc1ccccc1S(=O)(=O)N(C)C.I. The highest BCUT2D eigenvalue weighted by Gasteiger charge is 2.20. The summed E-state index contributed by atoms with van der Waals surface area (Å²) in [6.45, 7) is 2.86. The van der Waals surface area contributed by atoms with Crippen LogP contribution < -0.4 is 10.6 Å². The molecule has 0 saturated heterocycles. The van der Waals surface area contributed by atoms with E-state index < -0.39 is 10.0 Å². The van der Waals surface area contributed by atoms with E-state index >= 15 is 0 Å². The maximum Gasteiger partial charge on any atom is 0.242 e. The molecule has 8 nitrogen and oxygen atoms in total. The molecule has 27 heavy (non-hydrogen) atoms. The lowest BCUT2D eigenvalue weighted by Crippen LogP contribution is -2.38. The van der Waals surface area contributed by atoms with Crippen LogP contribution in [0.25, 0.3) is 0 Å². The second-order valence-electron chi connectivity index (χ2n) is 5.71. The molecule has 0 aromatic heterocycles. The normalized spacial score (nSPS) is 12.0. The van der Waals surface area contributed by atoms with Gasteiger partial charge in [0, 0.05) is 47.9 Å². The lowest BCUT2D eigenvalue weighted by atomic mass is 10.2. The maximum atomic E-state index is 12.4. The highest BCUT2D eigenvalue weighted by molar-refractivity contribution is 14.0. The number of guanidine groups is 1. The Balaban J connectivity index is 0.00000676. The fraction of sp³-hybridized carbons (Fsp3) is 0.588. The van der Waals surface area contributed by atoms with Crippen molar-refractivity contribution >= 4 is 40.0 Å². The number of nitrogens with one attached hydrogen (secondary N) is 2. The number of ether oxygens (including phenoxy) is 2. The second kappa shape index (κ2) is 14.1. The molecule has 0 radical (unpaired) electrons. The Morgan fingerprint density at radius 1 is 1.15 bits per heavy atom. The Kier molecular flexibility index (Phi) is 13.6. The van der Waals surface area contributed by atoms with Crippen molar-refractivity contribution in [2.75, 3.05) is 54.6 Å². The monoisotopic (exact) mass is 514 g/mol. The Bertz CT molecular complexity index is 669. The fourth-order valence-corrected chi connectivity index (χ4v) is 3.24. The molecule has 2 N–H and O–H groups in total. The van der Waals surface area contributed by atoms with Gasteiger partial charge in [-0.2, -0.15) is 0 Å². The maximum absolute atomic E-state index is 12.4. The minimum atomic E-state index is -3.49. The van der Waals surface area contributed by atoms with Gasteiger partial charge in [0.25, 0.3) is 0 Å². The van der Waals surface area contributed by atoms with Gasteiger partial charge in [0.05, 0.1) is 18.1 Å². The van der Waals surface area contributed by atoms with Gasteiger partial charge in [-0.15, -0.1) is 24.0 Å². The van der Waals surface area contributed by atoms with Gasteiger partial charge in [-0.25, -0.2) is 12.7 Å². The van der Waals surface area contributed by atoms with Crippen molar-refractivity contribution in [2.45, 2.75) is 17.9 Å². The summed E-state index contributed by atoms with van der Waals surface area (Å²) in [5, 5.41) is 6.32. The third-order valence-corrected chi connectivity index (χ3v) is 5.51. The zero-order valence-electron chi connectivity index (χ0n) is 16.4. The summed E-state index contributed by atoms with van der Waals surface area (Å²) in [6, 6.07) is 6.94. The van der Waals surface area contributed by atoms with Gasteiger partial charge in [-0.3, -0.25) is 4.99 Å². The van der Waals surface area contributed by atoms with E-state index in [2.05, 4.69) is 15.6 Å². The molecule has 10 heteroatoms. The van der Waals surface area contributed by atoms with Crippen molar-refractivity contribution in [2.24, 2.45) is 4.99 Å². The van der Waals surface area contributed by atoms with E-state index in [1.165, 1.54) is 18.4 Å². The van der Waals surface area contributed by atoms with Gasteiger partial charge in [-0.1, -0.05) is 18.2 Å². The lowest BCUT2D eigenvalue weighted by Gasteiger charge is -2.17. The zero-order valence-corrected chi connectivity index (χ0v) is 19.5. The molecular weight excluding hydrogens is 483 g/mol. The number of rotatable bonds is 11. The molecule has 0 fully saturated rings. The predicted octanol–water partition coefficient (Wildman–Crippen LogP) is 1.27. The largest absolute Gasteiger partial charge is 0.382 e. The molecule has 0 unspecified atom stereocenters. The smallest absolute Gasteiger partial charge is 0.242 e. The Morgan fingerprint density at radius 3 is 2.48 bits per heavy atom. The molecular formula is C17H31IN4O4S. The number of hydrogen-bond donors (Lipinski definition) is 2. The molecule has 0 aliphatic carbocycles. The molecule has 1 aromatic rings. The van der Waals surface area contributed by atoms with E-state index in [1.54, 1.807) is 32.4 Å². The minimum Gasteiger partial charge on any atom is -0.382 e. The van der Waals surface area contributed by atoms with E-state index in [9.17, 15) is 8.42 Å². The summed E-state index contributed by atoms with van der Waals surface area (Å²) in [5.41, 5.74) is 0.687. The Morgan fingerprint density at radius 2 is 1.85 bits per heavy atom. The second-order valence-corrected chi connectivity index (χ2v) is 7.83. The molecule has 1 aromatic carbocycles. The molecule has 0 atom stereocenters. The van der Waals surface area contributed by atoms with Crippen LogP contribution in [-0.4, -0.2) is 73.3 Å². The third-order valence-electron chi connectivity index (χ3n) is 3.59. The Labute approximate surface area is 179 Å². The number of sulfonamides is 1. The molecule has 0 aliphatic rings. The van der Waals surface area contributed by atoms with E-state index in [-0.39, 0.29) is 24.0 Å². The first-order valence-electron chi connectivity index (χ1n) is 8.45. The quantitative estimate of drug-likeness (QED) is 0.200. The standard InChI is InChI=1S/C17H30N4O4S.HI/c1-18-17(19-10-7-11-25-13-12-24-4)20-14-15-8-5-6-9-16(15)26(22,23)21(2)3;/h5-6,8-9H,7,10-14H2,1-4H3,(H2,18,19,20);1H.